The van der Waals surface area contributed by atoms with Gasteiger partial charge in [0, 0.05) is 15.7 Å². The van der Waals surface area contributed by atoms with Crippen LogP contribution in [0.4, 0.5) is 5.69 Å². The zero-order valence-corrected chi connectivity index (χ0v) is 14.2. The molecule has 1 amide bonds. The van der Waals surface area contributed by atoms with Gasteiger partial charge in [0.1, 0.15) is 4.88 Å². The zero-order valence-electron chi connectivity index (χ0n) is 11.9. The minimum atomic E-state index is -0.938. The number of thiophene rings is 1. The van der Waals surface area contributed by atoms with E-state index in [2.05, 4.69) is 5.32 Å². The molecule has 1 heterocycles. The number of carbonyl (C=O) groups excluding carboxylic acids is 2. The second kappa shape index (κ2) is 7.13. The van der Waals surface area contributed by atoms with Crippen molar-refractivity contribution in [3.05, 3.63) is 50.1 Å². The lowest BCUT2D eigenvalue weighted by Gasteiger charge is -2.13. The fourth-order valence-electron chi connectivity index (χ4n) is 1.72. The maximum absolute atomic E-state index is 12.1. The highest BCUT2D eigenvalue weighted by Gasteiger charge is 2.21. The summed E-state index contributed by atoms with van der Waals surface area (Å²) in [5.74, 6) is -0.972. The van der Waals surface area contributed by atoms with E-state index in [1.165, 1.54) is 18.3 Å². The summed E-state index contributed by atoms with van der Waals surface area (Å²) in [7, 11) is 0. The van der Waals surface area contributed by atoms with E-state index in [1.807, 2.05) is 13.0 Å². The molecule has 4 nitrogen and oxygen atoms in total. The average molecular weight is 358 g/mol. The molecule has 0 radical (unpaired) electrons. The molecule has 1 aromatic heterocycles. The van der Waals surface area contributed by atoms with Crippen LogP contribution in [0.2, 0.25) is 10.0 Å². The van der Waals surface area contributed by atoms with Crippen molar-refractivity contribution in [3.63, 3.8) is 0 Å². The van der Waals surface area contributed by atoms with Crippen LogP contribution in [0.1, 0.15) is 22.2 Å². The van der Waals surface area contributed by atoms with Crippen molar-refractivity contribution >= 4 is 52.1 Å². The van der Waals surface area contributed by atoms with Gasteiger partial charge in [0.25, 0.3) is 5.91 Å². The number of carbonyl (C=O) groups is 2. The zero-order chi connectivity index (χ0) is 16.3. The van der Waals surface area contributed by atoms with Crippen LogP contribution in [0.25, 0.3) is 0 Å². The molecule has 116 valence electrons. The Balaban J connectivity index is 2.00. The Labute approximate surface area is 142 Å². The monoisotopic (exact) mass is 357 g/mol. The highest BCUT2D eigenvalue weighted by atomic mass is 35.5. The lowest BCUT2D eigenvalue weighted by molar-refractivity contribution is -0.123. The lowest BCUT2D eigenvalue weighted by atomic mass is 10.3. The molecular weight excluding hydrogens is 345 g/mol. The van der Waals surface area contributed by atoms with Gasteiger partial charge in [-0.25, -0.2) is 4.79 Å². The summed E-state index contributed by atoms with van der Waals surface area (Å²) in [6.45, 7) is 3.31. The van der Waals surface area contributed by atoms with Crippen LogP contribution in [0.5, 0.6) is 0 Å². The molecule has 0 saturated heterocycles. The van der Waals surface area contributed by atoms with Gasteiger partial charge in [-0.05, 0) is 49.1 Å². The molecule has 1 atom stereocenters. The number of rotatable bonds is 4. The van der Waals surface area contributed by atoms with Crippen LogP contribution >= 0.6 is 34.5 Å². The van der Waals surface area contributed by atoms with E-state index < -0.39 is 18.0 Å². The largest absolute Gasteiger partial charge is 0.448 e. The maximum Gasteiger partial charge on any atom is 0.349 e. The molecule has 0 aliphatic rings. The van der Waals surface area contributed by atoms with Crippen LogP contribution in [0.15, 0.2) is 29.6 Å². The Kier molecular flexibility index (Phi) is 5.45. The van der Waals surface area contributed by atoms with Crippen LogP contribution in [-0.4, -0.2) is 18.0 Å². The second-order valence-electron chi connectivity index (χ2n) is 4.63. The summed E-state index contributed by atoms with van der Waals surface area (Å²) >= 11 is 13.0. The van der Waals surface area contributed by atoms with Gasteiger partial charge in [-0.3, -0.25) is 4.79 Å². The first-order chi connectivity index (χ1) is 10.4. The van der Waals surface area contributed by atoms with Gasteiger partial charge in [-0.15, -0.1) is 11.3 Å². The fraction of sp³-hybridized carbons (Fsp3) is 0.200. The van der Waals surface area contributed by atoms with E-state index in [1.54, 1.807) is 23.6 Å². The first-order valence-corrected chi connectivity index (χ1v) is 8.02. The molecule has 0 aliphatic carbocycles. The van der Waals surface area contributed by atoms with Gasteiger partial charge in [0.15, 0.2) is 6.10 Å². The third kappa shape index (κ3) is 4.22. The van der Waals surface area contributed by atoms with Crippen molar-refractivity contribution in [1.82, 2.24) is 0 Å². The average Bonchev–Trinajstić information content (AvgIpc) is 2.83. The van der Waals surface area contributed by atoms with E-state index >= 15 is 0 Å². The van der Waals surface area contributed by atoms with E-state index in [0.29, 0.717) is 20.6 Å². The highest BCUT2D eigenvalue weighted by Crippen LogP contribution is 2.23. The number of hydrogen-bond acceptors (Lipinski definition) is 4. The number of anilines is 1. The minimum Gasteiger partial charge on any atom is -0.448 e. The third-order valence-electron chi connectivity index (χ3n) is 2.83. The molecule has 0 saturated carbocycles. The Morgan fingerprint density at radius 2 is 1.86 bits per heavy atom. The van der Waals surface area contributed by atoms with Crippen molar-refractivity contribution in [2.45, 2.75) is 20.0 Å². The number of esters is 1. The summed E-state index contributed by atoms with van der Waals surface area (Å²) < 4.78 is 5.16. The molecule has 0 unspecified atom stereocenters. The standard InChI is InChI=1S/C15H13Cl2NO3S/c1-8-3-4-22-13(8)15(20)21-9(2)14(19)18-12-6-10(16)5-11(17)7-12/h3-7,9H,1-2H3,(H,18,19)/t9-/m0/s1. The Bertz CT molecular complexity index is 694. The van der Waals surface area contributed by atoms with Gasteiger partial charge in [0.05, 0.1) is 0 Å². The Hall–Kier alpha value is -1.56. The molecule has 22 heavy (non-hydrogen) atoms. The van der Waals surface area contributed by atoms with E-state index in [0.717, 1.165) is 5.56 Å². The SMILES string of the molecule is Cc1ccsc1C(=O)O[C@@H](C)C(=O)Nc1cc(Cl)cc(Cl)c1. The highest BCUT2D eigenvalue weighted by molar-refractivity contribution is 7.12. The lowest BCUT2D eigenvalue weighted by Crippen LogP contribution is -2.29. The summed E-state index contributed by atoms with van der Waals surface area (Å²) in [6.07, 6.45) is -0.938. The van der Waals surface area contributed by atoms with Crippen molar-refractivity contribution in [2.24, 2.45) is 0 Å². The van der Waals surface area contributed by atoms with Crippen LogP contribution in [0, 0.1) is 6.92 Å². The molecule has 1 N–H and O–H groups in total. The molecule has 2 aromatic rings. The topological polar surface area (TPSA) is 55.4 Å². The minimum absolute atomic E-state index is 0.404. The summed E-state index contributed by atoms with van der Waals surface area (Å²) in [5.41, 5.74) is 1.27. The first-order valence-electron chi connectivity index (χ1n) is 6.39. The predicted octanol–water partition coefficient (Wildman–Crippen LogP) is 4.55. The van der Waals surface area contributed by atoms with Gasteiger partial charge in [-0.2, -0.15) is 0 Å². The van der Waals surface area contributed by atoms with Crippen LogP contribution < -0.4 is 5.32 Å². The van der Waals surface area contributed by atoms with Gasteiger partial charge < -0.3 is 10.1 Å². The number of amides is 1. The normalized spacial score (nSPS) is 11.8. The predicted molar refractivity (Wildman–Crippen MR) is 89.0 cm³/mol. The van der Waals surface area contributed by atoms with Crippen LogP contribution in [0.3, 0.4) is 0 Å². The smallest absolute Gasteiger partial charge is 0.349 e. The first kappa shape index (κ1) is 16.8. The van der Waals surface area contributed by atoms with E-state index in [9.17, 15) is 9.59 Å². The molecule has 0 aliphatic heterocycles. The summed E-state index contributed by atoms with van der Waals surface area (Å²) in [5, 5.41) is 5.21. The molecular formula is C15H13Cl2NO3S. The van der Waals surface area contributed by atoms with Crippen molar-refractivity contribution in [2.75, 3.05) is 5.32 Å². The van der Waals surface area contributed by atoms with Gasteiger partial charge in [0.2, 0.25) is 0 Å². The summed E-state index contributed by atoms with van der Waals surface area (Å²) in [4.78, 5) is 24.5. The number of hydrogen-bond donors (Lipinski definition) is 1. The van der Waals surface area contributed by atoms with E-state index in [-0.39, 0.29) is 0 Å². The Morgan fingerprint density at radius 3 is 2.41 bits per heavy atom. The number of benzene rings is 1. The van der Waals surface area contributed by atoms with E-state index in [4.69, 9.17) is 27.9 Å². The van der Waals surface area contributed by atoms with Crippen molar-refractivity contribution in [3.8, 4) is 0 Å². The van der Waals surface area contributed by atoms with Gasteiger partial charge in [-0.1, -0.05) is 23.2 Å². The summed E-state index contributed by atoms with van der Waals surface area (Å²) in [6, 6.07) is 6.49. The quantitative estimate of drug-likeness (QED) is 0.816. The molecule has 0 bridgehead atoms. The molecule has 2 rings (SSSR count). The fourth-order valence-corrected chi connectivity index (χ4v) is 3.05. The number of ether oxygens (including phenoxy) is 1. The molecule has 0 spiro atoms. The number of nitrogens with one attached hydrogen (secondary N) is 1. The maximum atomic E-state index is 12.1. The number of halogens is 2. The number of aryl methyl sites for hydroxylation is 1. The molecule has 1 aromatic carbocycles. The Morgan fingerprint density at radius 1 is 1.23 bits per heavy atom. The van der Waals surface area contributed by atoms with Gasteiger partial charge >= 0.3 is 5.97 Å². The molecule has 7 heteroatoms. The van der Waals surface area contributed by atoms with Crippen LogP contribution in [-0.2, 0) is 9.53 Å². The third-order valence-corrected chi connectivity index (χ3v) is 4.26. The second-order valence-corrected chi connectivity index (χ2v) is 6.42. The van der Waals surface area contributed by atoms with Crippen molar-refractivity contribution in [1.29, 1.82) is 0 Å². The van der Waals surface area contributed by atoms with Crippen molar-refractivity contribution < 1.29 is 14.3 Å². The molecule has 0 fully saturated rings.